The number of amides is 2. The highest BCUT2D eigenvalue weighted by Gasteiger charge is 2.41. The zero-order valence-electron chi connectivity index (χ0n) is 16.3. The molecule has 0 saturated carbocycles. The number of nitrogens with zero attached hydrogens (tertiary/aromatic N) is 1. The largest absolute Gasteiger partial charge is 0.394 e. The lowest BCUT2D eigenvalue weighted by Gasteiger charge is -2.44. The molecule has 5 nitrogen and oxygen atoms in total. The molecule has 0 atom stereocenters. The van der Waals surface area contributed by atoms with Gasteiger partial charge in [-0.1, -0.05) is 12.1 Å². The van der Waals surface area contributed by atoms with Crippen LogP contribution in [0.4, 0.5) is 23.7 Å². The molecule has 0 unspecified atom stereocenters. The molecule has 1 saturated heterocycles. The van der Waals surface area contributed by atoms with Gasteiger partial charge < -0.3 is 16.0 Å². The Labute approximate surface area is 172 Å². The number of hydrogen-bond donors (Lipinski definition) is 2. The third-order valence-corrected chi connectivity index (χ3v) is 6.22. The van der Waals surface area contributed by atoms with E-state index in [0.29, 0.717) is 44.3 Å². The number of anilines is 1. The first-order valence-corrected chi connectivity index (χ1v) is 9.85. The van der Waals surface area contributed by atoms with Crippen molar-refractivity contribution in [1.29, 1.82) is 0 Å². The fourth-order valence-corrected chi connectivity index (χ4v) is 4.44. The van der Waals surface area contributed by atoms with Crippen molar-refractivity contribution in [2.24, 2.45) is 5.41 Å². The van der Waals surface area contributed by atoms with Crippen LogP contribution < -0.4 is 11.1 Å². The van der Waals surface area contributed by atoms with Gasteiger partial charge in [0, 0.05) is 37.2 Å². The Kier molecular flexibility index (Phi) is 5.17. The topological polar surface area (TPSA) is 75.4 Å². The zero-order valence-corrected chi connectivity index (χ0v) is 16.3. The van der Waals surface area contributed by atoms with Crippen LogP contribution in [-0.4, -0.2) is 29.8 Å². The minimum absolute atomic E-state index is 0.0574. The first kappa shape index (κ1) is 20.3. The molecule has 8 heteroatoms. The Bertz CT molecular complexity index is 1020. The van der Waals surface area contributed by atoms with Gasteiger partial charge in [-0.05, 0) is 48.4 Å². The number of likely N-dealkylation sites (tertiary alicyclic amines) is 1. The summed E-state index contributed by atoms with van der Waals surface area (Å²) >= 11 is 0. The number of urea groups is 1. The van der Waals surface area contributed by atoms with Crippen LogP contribution in [0.25, 0.3) is 0 Å². The molecule has 158 valence electrons. The first-order chi connectivity index (χ1) is 14.3. The van der Waals surface area contributed by atoms with Gasteiger partial charge in [-0.2, -0.15) is 0 Å². The summed E-state index contributed by atoms with van der Waals surface area (Å²) in [4.78, 5) is 26.6. The van der Waals surface area contributed by atoms with Crippen LogP contribution in [0, 0.1) is 22.9 Å². The Balaban J connectivity index is 1.37. The number of nitrogen functional groups attached to an aromatic ring is 1. The summed E-state index contributed by atoms with van der Waals surface area (Å²) in [5, 5.41) is 2.64. The lowest BCUT2D eigenvalue weighted by atomic mass is 9.66. The molecule has 2 aliphatic rings. The maximum Gasteiger partial charge on any atom is 0.317 e. The Morgan fingerprint density at radius 2 is 1.83 bits per heavy atom. The molecule has 0 bridgehead atoms. The van der Waals surface area contributed by atoms with Crippen molar-refractivity contribution in [3.8, 4) is 0 Å². The van der Waals surface area contributed by atoms with Gasteiger partial charge in [-0.25, -0.2) is 18.0 Å². The highest BCUT2D eigenvalue weighted by molar-refractivity contribution is 5.99. The van der Waals surface area contributed by atoms with Crippen LogP contribution in [0.5, 0.6) is 0 Å². The predicted molar refractivity (Wildman–Crippen MR) is 105 cm³/mol. The van der Waals surface area contributed by atoms with Crippen LogP contribution in [0.15, 0.2) is 30.3 Å². The second-order valence-corrected chi connectivity index (χ2v) is 8.16. The van der Waals surface area contributed by atoms with Gasteiger partial charge in [-0.15, -0.1) is 0 Å². The Hall–Kier alpha value is -3.03. The second kappa shape index (κ2) is 7.66. The molecule has 1 aliphatic heterocycles. The molecule has 4 rings (SSSR count). The molecule has 2 amide bonds. The number of fused-ring (bicyclic) bond motifs is 1. The molecule has 1 aliphatic carbocycles. The number of halogens is 3. The van der Waals surface area contributed by atoms with Crippen molar-refractivity contribution in [1.82, 2.24) is 10.2 Å². The summed E-state index contributed by atoms with van der Waals surface area (Å²) in [6, 6.07) is 6.31. The van der Waals surface area contributed by atoms with Gasteiger partial charge in [0.1, 0.15) is 17.3 Å². The summed E-state index contributed by atoms with van der Waals surface area (Å²) in [6.07, 6.45) is 2.34. The first-order valence-electron chi connectivity index (χ1n) is 9.85. The molecule has 30 heavy (non-hydrogen) atoms. The Morgan fingerprint density at radius 1 is 1.10 bits per heavy atom. The van der Waals surface area contributed by atoms with Gasteiger partial charge in [0.05, 0.1) is 0 Å². The molecular weight excluding hydrogens is 395 g/mol. The average Bonchev–Trinajstić information content (AvgIpc) is 2.72. The maximum atomic E-state index is 14.0. The number of carbonyl (C=O) groups excluding carboxylic acids is 2. The third-order valence-electron chi connectivity index (χ3n) is 6.22. The van der Waals surface area contributed by atoms with Crippen molar-refractivity contribution in [3.63, 3.8) is 0 Å². The number of piperidine rings is 1. The summed E-state index contributed by atoms with van der Waals surface area (Å²) in [6.45, 7) is 0.821. The minimum Gasteiger partial charge on any atom is -0.394 e. The summed E-state index contributed by atoms with van der Waals surface area (Å²) in [7, 11) is 0. The van der Waals surface area contributed by atoms with Gasteiger partial charge in [-0.3, -0.25) is 4.79 Å². The maximum absolute atomic E-state index is 14.0. The van der Waals surface area contributed by atoms with Crippen molar-refractivity contribution in [2.75, 3.05) is 18.8 Å². The lowest BCUT2D eigenvalue weighted by Crippen LogP contribution is -2.49. The number of carbonyl (C=O) groups is 2. The van der Waals surface area contributed by atoms with Gasteiger partial charge in [0.2, 0.25) is 0 Å². The normalized spacial score (nSPS) is 17.7. The van der Waals surface area contributed by atoms with Gasteiger partial charge >= 0.3 is 6.03 Å². The van der Waals surface area contributed by atoms with E-state index in [1.807, 2.05) is 0 Å². The number of hydrogen-bond acceptors (Lipinski definition) is 3. The van der Waals surface area contributed by atoms with E-state index < -0.39 is 23.1 Å². The smallest absolute Gasteiger partial charge is 0.317 e. The molecular formula is C22H22F3N3O2. The number of benzene rings is 2. The van der Waals surface area contributed by atoms with E-state index in [9.17, 15) is 22.8 Å². The lowest BCUT2D eigenvalue weighted by molar-refractivity contribution is 0.0735. The van der Waals surface area contributed by atoms with Crippen LogP contribution >= 0.6 is 0 Å². The fraction of sp³-hybridized carbons (Fsp3) is 0.364. The second-order valence-electron chi connectivity index (χ2n) is 8.16. The quantitative estimate of drug-likeness (QED) is 0.730. The van der Waals surface area contributed by atoms with Gasteiger partial charge in [0.15, 0.2) is 11.6 Å². The van der Waals surface area contributed by atoms with Crippen LogP contribution in [0.2, 0.25) is 0 Å². The van der Waals surface area contributed by atoms with E-state index >= 15 is 0 Å². The third kappa shape index (κ3) is 3.74. The highest BCUT2D eigenvalue weighted by atomic mass is 19.1. The Morgan fingerprint density at radius 3 is 2.57 bits per heavy atom. The molecule has 2 aromatic rings. The fourth-order valence-electron chi connectivity index (χ4n) is 4.44. The minimum atomic E-state index is -0.872. The zero-order chi connectivity index (χ0) is 21.5. The predicted octanol–water partition coefficient (Wildman–Crippen LogP) is 3.81. The summed E-state index contributed by atoms with van der Waals surface area (Å²) in [5.41, 5.74) is 5.98. The van der Waals surface area contributed by atoms with E-state index in [2.05, 4.69) is 5.32 Å². The number of ketones is 1. The molecule has 0 aromatic heterocycles. The van der Waals surface area contributed by atoms with Crippen molar-refractivity contribution in [3.05, 3.63) is 64.5 Å². The van der Waals surface area contributed by atoms with E-state index in [1.54, 1.807) is 11.0 Å². The number of nitrogens with one attached hydrogen (secondary N) is 1. The van der Waals surface area contributed by atoms with Crippen molar-refractivity contribution in [2.45, 2.75) is 32.2 Å². The molecule has 1 spiro atoms. The molecule has 0 radical (unpaired) electrons. The van der Waals surface area contributed by atoms with E-state index in [1.165, 1.54) is 18.2 Å². The molecule has 1 heterocycles. The van der Waals surface area contributed by atoms with Crippen LogP contribution in [0.3, 0.4) is 0 Å². The summed E-state index contributed by atoms with van der Waals surface area (Å²) < 4.78 is 40.7. The average molecular weight is 417 g/mol. The monoisotopic (exact) mass is 417 g/mol. The van der Waals surface area contributed by atoms with Crippen molar-refractivity contribution >= 4 is 17.5 Å². The molecule has 3 N–H and O–H groups in total. The standard InChI is InChI=1S/C22H22F3N3O2/c23-15-3-1-13-10-22(11-18(29)16(13)9-15)5-7-28(8-6-22)21(30)27-12-14-2-4-17(24)20(26)19(14)25/h1-4,9H,5-8,10-12,26H2,(H,27,30). The van der Waals surface area contributed by atoms with Crippen LogP contribution in [0.1, 0.15) is 40.7 Å². The number of rotatable bonds is 2. The summed E-state index contributed by atoms with van der Waals surface area (Å²) in [5.74, 6) is -2.18. The molecule has 1 fully saturated rings. The SMILES string of the molecule is Nc1c(F)ccc(CNC(=O)N2CCC3(CC2)CC(=O)c2cc(F)ccc2C3)c1F. The van der Waals surface area contributed by atoms with E-state index in [-0.39, 0.29) is 29.3 Å². The van der Waals surface area contributed by atoms with E-state index in [4.69, 9.17) is 5.73 Å². The molecule has 2 aromatic carbocycles. The number of Topliss-reactive ketones (excluding diaryl/α,β-unsaturated/α-hetero) is 1. The van der Waals surface area contributed by atoms with Crippen LogP contribution in [-0.2, 0) is 13.0 Å². The highest BCUT2D eigenvalue weighted by Crippen LogP contribution is 2.43. The van der Waals surface area contributed by atoms with Crippen molar-refractivity contribution < 1.29 is 22.8 Å². The van der Waals surface area contributed by atoms with Gasteiger partial charge in [0.25, 0.3) is 0 Å². The van der Waals surface area contributed by atoms with E-state index in [0.717, 1.165) is 11.6 Å². The number of nitrogens with two attached hydrogens (primary N) is 1.